The summed E-state index contributed by atoms with van der Waals surface area (Å²) in [6.45, 7) is 21.4. The maximum atomic E-state index is 9.39. The van der Waals surface area contributed by atoms with Gasteiger partial charge in [0.1, 0.15) is 0 Å². The fourth-order valence-corrected chi connectivity index (χ4v) is 5.90. The molecule has 3 nitrogen and oxygen atoms in total. The molecule has 0 bridgehead atoms. The molecule has 5 aromatic carbocycles. The third-order valence-corrected chi connectivity index (χ3v) is 8.38. The normalized spacial score (nSPS) is 11.9. The molecule has 0 amide bonds. The number of aromatic nitrogens is 1. The molecule has 3 heteroatoms. The molecule has 43 heavy (non-hydrogen) atoms. The number of nitrogens with zero attached hydrogens (tertiary/aromatic N) is 3. The van der Waals surface area contributed by atoms with E-state index in [0.717, 1.165) is 27.9 Å². The molecule has 0 aliphatic carbocycles. The van der Waals surface area contributed by atoms with Gasteiger partial charge in [0.05, 0.1) is 29.4 Å². The molecule has 0 N–H and O–H groups in total. The van der Waals surface area contributed by atoms with Crippen molar-refractivity contribution in [3.05, 3.63) is 131 Å². The van der Waals surface area contributed by atoms with Gasteiger partial charge in [-0.3, -0.25) is 0 Å². The number of fused-ring (bicyclic) bond motifs is 3. The largest absolute Gasteiger partial charge is 0.309 e. The van der Waals surface area contributed by atoms with Crippen LogP contribution in [-0.4, -0.2) is 4.57 Å². The highest BCUT2D eigenvalue weighted by atomic mass is 15.0. The van der Waals surface area contributed by atoms with E-state index in [1.54, 1.807) is 12.1 Å². The summed E-state index contributed by atoms with van der Waals surface area (Å²) in [6, 6.07) is 38.2. The molecule has 6 rings (SSSR count). The van der Waals surface area contributed by atoms with E-state index < -0.39 is 0 Å². The summed E-state index contributed by atoms with van der Waals surface area (Å²) < 4.78 is 2.39. The summed E-state index contributed by atoms with van der Waals surface area (Å²) in [6.07, 6.45) is 0. The van der Waals surface area contributed by atoms with Crippen LogP contribution < -0.4 is 0 Å². The van der Waals surface area contributed by atoms with Gasteiger partial charge in [0.15, 0.2) is 5.69 Å². The standard InChI is InChI=1S/C40H35N3/c1-39(2,3)29-15-19-37-33(23-29)34-24-30(40(4,5)6)16-20-38(34)43(37)36-18-14-28(22-32(36)27-11-9-8-10-12-27)31-17-13-26(25-41)21-35(31)42-7/h8-24H,1-6H3. The lowest BCUT2D eigenvalue weighted by Crippen LogP contribution is -2.10. The van der Waals surface area contributed by atoms with E-state index in [2.05, 4.69) is 136 Å². The zero-order valence-electron chi connectivity index (χ0n) is 25.7. The number of benzene rings is 5. The molecule has 0 unspecified atom stereocenters. The number of hydrogen-bond acceptors (Lipinski definition) is 1. The van der Waals surface area contributed by atoms with Gasteiger partial charge in [-0.05, 0) is 87.2 Å². The fraction of sp³-hybridized carbons (Fsp3) is 0.200. The summed E-state index contributed by atoms with van der Waals surface area (Å²) in [5, 5.41) is 11.9. The maximum absolute atomic E-state index is 9.39. The third-order valence-electron chi connectivity index (χ3n) is 8.38. The van der Waals surface area contributed by atoms with E-state index in [1.165, 1.54) is 32.9 Å². The second-order valence-corrected chi connectivity index (χ2v) is 13.4. The van der Waals surface area contributed by atoms with E-state index in [4.69, 9.17) is 6.57 Å². The molecular formula is C40H35N3. The van der Waals surface area contributed by atoms with Crippen LogP contribution in [0.25, 0.3) is 54.6 Å². The van der Waals surface area contributed by atoms with Crippen LogP contribution in [0.4, 0.5) is 5.69 Å². The van der Waals surface area contributed by atoms with Gasteiger partial charge in [-0.15, -0.1) is 0 Å². The minimum Gasteiger partial charge on any atom is -0.309 e. The Morgan fingerprint density at radius 1 is 0.628 bits per heavy atom. The van der Waals surface area contributed by atoms with Crippen LogP contribution in [0, 0.1) is 17.9 Å². The number of rotatable bonds is 3. The van der Waals surface area contributed by atoms with Crippen LogP contribution in [-0.2, 0) is 10.8 Å². The predicted molar refractivity (Wildman–Crippen MR) is 180 cm³/mol. The van der Waals surface area contributed by atoms with Gasteiger partial charge in [-0.25, -0.2) is 4.85 Å². The van der Waals surface area contributed by atoms with Crippen LogP contribution in [0.2, 0.25) is 0 Å². The first-order valence-corrected chi connectivity index (χ1v) is 14.7. The van der Waals surface area contributed by atoms with Gasteiger partial charge < -0.3 is 4.57 Å². The summed E-state index contributed by atoms with van der Waals surface area (Å²) in [7, 11) is 0. The summed E-state index contributed by atoms with van der Waals surface area (Å²) in [4.78, 5) is 3.76. The minimum absolute atomic E-state index is 0.0306. The van der Waals surface area contributed by atoms with E-state index in [9.17, 15) is 5.26 Å². The van der Waals surface area contributed by atoms with Crippen molar-refractivity contribution < 1.29 is 0 Å². The molecular weight excluding hydrogens is 522 g/mol. The van der Waals surface area contributed by atoms with Crippen molar-refractivity contribution in [3.8, 4) is 34.0 Å². The van der Waals surface area contributed by atoms with Crippen LogP contribution in [0.5, 0.6) is 0 Å². The van der Waals surface area contributed by atoms with Crippen LogP contribution in [0.15, 0.2) is 103 Å². The van der Waals surface area contributed by atoms with Crippen molar-refractivity contribution >= 4 is 27.5 Å². The van der Waals surface area contributed by atoms with E-state index >= 15 is 0 Å². The lowest BCUT2D eigenvalue weighted by Gasteiger charge is -2.20. The predicted octanol–water partition coefficient (Wildman–Crippen LogP) is 11.1. The van der Waals surface area contributed by atoms with Crippen molar-refractivity contribution in [2.75, 3.05) is 0 Å². The Balaban J connectivity index is 1.69. The highest BCUT2D eigenvalue weighted by molar-refractivity contribution is 6.10. The second-order valence-electron chi connectivity index (χ2n) is 13.4. The first kappa shape index (κ1) is 28.0. The van der Waals surface area contributed by atoms with Gasteiger partial charge in [0.25, 0.3) is 0 Å². The van der Waals surface area contributed by atoms with Crippen molar-refractivity contribution in [1.29, 1.82) is 5.26 Å². The lowest BCUT2D eigenvalue weighted by molar-refractivity contribution is 0.590. The molecule has 0 aliphatic rings. The number of nitriles is 1. The zero-order valence-corrected chi connectivity index (χ0v) is 25.7. The highest BCUT2D eigenvalue weighted by Gasteiger charge is 2.22. The Labute approximate surface area is 254 Å². The molecule has 0 fully saturated rings. The van der Waals surface area contributed by atoms with Crippen molar-refractivity contribution in [2.45, 2.75) is 52.4 Å². The average molecular weight is 558 g/mol. The van der Waals surface area contributed by atoms with Crippen molar-refractivity contribution in [1.82, 2.24) is 4.57 Å². The van der Waals surface area contributed by atoms with Gasteiger partial charge in [-0.2, -0.15) is 5.26 Å². The molecule has 0 atom stereocenters. The van der Waals surface area contributed by atoms with E-state index in [0.29, 0.717) is 11.3 Å². The van der Waals surface area contributed by atoms with Crippen LogP contribution in [0.3, 0.4) is 0 Å². The summed E-state index contributed by atoms with van der Waals surface area (Å²) in [5.41, 5.74) is 11.0. The molecule has 0 saturated heterocycles. The Morgan fingerprint density at radius 3 is 1.77 bits per heavy atom. The summed E-state index contributed by atoms with van der Waals surface area (Å²) >= 11 is 0. The van der Waals surface area contributed by atoms with Crippen LogP contribution >= 0.6 is 0 Å². The molecule has 1 heterocycles. The van der Waals surface area contributed by atoms with Crippen LogP contribution in [0.1, 0.15) is 58.2 Å². The van der Waals surface area contributed by atoms with Gasteiger partial charge in [0.2, 0.25) is 0 Å². The topological polar surface area (TPSA) is 33.1 Å². The Kier molecular flexibility index (Phi) is 6.71. The highest BCUT2D eigenvalue weighted by Crippen LogP contribution is 2.42. The van der Waals surface area contributed by atoms with Crippen molar-refractivity contribution in [3.63, 3.8) is 0 Å². The van der Waals surface area contributed by atoms with E-state index in [-0.39, 0.29) is 10.8 Å². The zero-order chi connectivity index (χ0) is 30.5. The molecule has 1 aromatic heterocycles. The van der Waals surface area contributed by atoms with Gasteiger partial charge in [-0.1, -0.05) is 96.1 Å². The molecule has 0 spiro atoms. The lowest BCUT2D eigenvalue weighted by atomic mass is 9.85. The monoisotopic (exact) mass is 557 g/mol. The Bertz CT molecular complexity index is 2030. The van der Waals surface area contributed by atoms with Gasteiger partial charge >= 0.3 is 0 Å². The molecule has 0 radical (unpaired) electrons. The molecule has 0 aliphatic heterocycles. The SMILES string of the molecule is [C-]#[N+]c1cc(C#N)ccc1-c1ccc(-n2c3ccc(C(C)(C)C)cc3c3cc(C(C)(C)C)ccc32)c(-c2ccccc2)c1. The van der Waals surface area contributed by atoms with Crippen molar-refractivity contribution in [2.24, 2.45) is 0 Å². The molecule has 6 aromatic rings. The van der Waals surface area contributed by atoms with Gasteiger partial charge in [0, 0.05) is 21.9 Å². The first-order chi connectivity index (χ1) is 20.5. The first-order valence-electron chi connectivity index (χ1n) is 14.7. The minimum atomic E-state index is 0.0306. The average Bonchev–Trinajstić information content (AvgIpc) is 3.33. The quantitative estimate of drug-likeness (QED) is 0.199. The Hall–Kier alpha value is -5.12. The van der Waals surface area contributed by atoms with E-state index in [1.807, 2.05) is 12.1 Å². The molecule has 210 valence electrons. The third kappa shape index (κ3) is 4.98. The second kappa shape index (κ2) is 10.3. The Morgan fingerprint density at radius 2 is 1.23 bits per heavy atom. The fourth-order valence-electron chi connectivity index (χ4n) is 5.90. The number of hydrogen-bond donors (Lipinski definition) is 0. The smallest absolute Gasteiger partial charge is 0.196 e. The molecule has 0 saturated carbocycles. The summed E-state index contributed by atoms with van der Waals surface area (Å²) in [5.74, 6) is 0. The maximum Gasteiger partial charge on any atom is 0.196 e.